The van der Waals surface area contributed by atoms with Gasteiger partial charge in [-0.1, -0.05) is 52.9 Å². The summed E-state index contributed by atoms with van der Waals surface area (Å²) >= 11 is 0. The zero-order chi connectivity index (χ0) is 14.8. The third kappa shape index (κ3) is 6.58. The molecule has 0 aromatic carbocycles. The normalized spacial score (nSPS) is 28.8. The Labute approximate surface area is 127 Å². The molecule has 0 aromatic rings. The molecule has 0 bridgehead atoms. The SMILES string of the molecule is CC.CCC1CCC(CCOC2CCN(C)CC2)CC1. The first-order chi connectivity index (χ1) is 9.78. The molecular formula is C18H37NO. The standard InChI is InChI=1S/C16H31NO.C2H6/c1-3-14-4-6-15(7-5-14)10-13-18-16-8-11-17(2)12-9-16;1-2/h14-16H,3-13H2,1-2H3;1-2H3. The van der Waals surface area contributed by atoms with Crippen molar-refractivity contribution in [2.24, 2.45) is 11.8 Å². The molecule has 120 valence electrons. The number of ether oxygens (including phenoxy) is 1. The van der Waals surface area contributed by atoms with Gasteiger partial charge in [-0.2, -0.15) is 0 Å². The minimum absolute atomic E-state index is 0.549. The van der Waals surface area contributed by atoms with Crippen LogP contribution >= 0.6 is 0 Å². The van der Waals surface area contributed by atoms with Gasteiger partial charge in [-0.15, -0.1) is 0 Å². The molecule has 1 saturated heterocycles. The Kier molecular flexibility index (Phi) is 9.54. The Morgan fingerprint density at radius 1 is 0.900 bits per heavy atom. The van der Waals surface area contributed by atoms with Crippen LogP contribution in [-0.4, -0.2) is 37.7 Å². The molecule has 0 radical (unpaired) electrons. The zero-order valence-corrected chi connectivity index (χ0v) is 14.4. The Morgan fingerprint density at radius 2 is 1.45 bits per heavy atom. The number of piperidine rings is 1. The highest BCUT2D eigenvalue weighted by molar-refractivity contribution is 4.73. The maximum atomic E-state index is 6.06. The molecule has 0 spiro atoms. The first-order valence-electron chi connectivity index (χ1n) is 9.08. The highest BCUT2D eigenvalue weighted by atomic mass is 16.5. The molecule has 1 saturated carbocycles. The van der Waals surface area contributed by atoms with Crippen LogP contribution in [0, 0.1) is 11.8 Å². The molecule has 0 unspecified atom stereocenters. The maximum Gasteiger partial charge on any atom is 0.0599 e. The smallest absolute Gasteiger partial charge is 0.0599 e. The molecule has 2 fully saturated rings. The second kappa shape index (κ2) is 10.6. The van der Waals surface area contributed by atoms with Crippen LogP contribution in [-0.2, 0) is 4.74 Å². The first-order valence-corrected chi connectivity index (χ1v) is 9.08. The second-order valence-electron chi connectivity index (χ2n) is 6.46. The van der Waals surface area contributed by atoms with Gasteiger partial charge in [0.15, 0.2) is 0 Å². The molecule has 2 aliphatic rings. The number of hydrogen-bond donors (Lipinski definition) is 0. The number of rotatable bonds is 5. The van der Waals surface area contributed by atoms with E-state index in [1.165, 1.54) is 64.5 Å². The lowest BCUT2D eigenvalue weighted by Gasteiger charge is -2.30. The lowest BCUT2D eigenvalue weighted by molar-refractivity contribution is 0.00404. The van der Waals surface area contributed by atoms with Crippen molar-refractivity contribution in [3.8, 4) is 0 Å². The van der Waals surface area contributed by atoms with E-state index in [0.717, 1.165) is 18.4 Å². The van der Waals surface area contributed by atoms with Gasteiger partial charge in [-0.25, -0.2) is 0 Å². The van der Waals surface area contributed by atoms with Gasteiger partial charge in [-0.05, 0) is 38.1 Å². The van der Waals surface area contributed by atoms with Crippen LogP contribution < -0.4 is 0 Å². The topological polar surface area (TPSA) is 12.5 Å². The molecule has 20 heavy (non-hydrogen) atoms. The van der Waals surface area contributed by atoms with Gasteiger partial charge in [-0.3, -0.25) is 0 Å². The average molecular weight is 284 g/mol. The predicted octanol–water partition coefficient (Wildman–Crippen LogP) is 4.73. The molecular weight excluding hydrogens is 246 g/mol. The van der Waals surface area contributed by atoms with Crippen molar-refractivity contribution in [1.82, 2.24) is 4.90 Å². The molecule has 2 nitrogen and oxygen atoms in total. The van der Waals surface area contributed by atoms with Crippen LogP contribution in [0.3, 0.4) is 0 Å². The summed E-state index contributed by atoms with van der Waals surface area (Å²) in [6, 6.07) is 0. The van der Waals surface area contributed by atoms with E-state index in [4.69, 9.17) is 4.74 Å². The molecule has 0 aromatic heterocycles. The van der Waals surface area contributed by atoms with E-state index >= 15 is 0 Å². The van der Waals surface area contributed by atoms with Gasteiger partial charge in [0.1, 0.15) is 0 Å². The van der Waals surface area contributed by atoms with Crippen molar-refractivity contribution in [3.05, 3.63) is 0 Å². The largest absolute Gasteiger partial charge is 0.378 e. The summed E-state index contributed by atoms with van der Waals surface area (Å²) in [5.41, 5.74) is 0. The van der Waals surface area contributed by atoms with Gasteiger partial charge < -0.3 is 9.64 Å². The summed E-state index contributed by atoms with van der Waals surface area (Å²) in [5.74, 6) is 1.98. The van der Waals surface area contributed by atoms with E-state index in [-0.39, 0.29) is 0 Å². The Hall–Kier alpha value is -0.0800. The van der Waals surface area contributed by atoms with E-state index in [1.807, 2.05) is 13.8 Å². The van der Waals surface area contributed by atoms with Crippen molar-refractivity contribution in [2.45, 2.75) is 78.2 Å². The van der Waals surface area contributed by atoms with Crippen LogP contribution in [0.4, 0.5) is 0 Å². The fourth-order valence-corrected chi connectivity index (χ4v) is 3.48. The van der Waals surface area contributed by atoms with Crippen molar-refractivity contribution in [1.29, 1.82) is 0 Å². The molecule has 2 rings (SSSR count). The molecule has 2 heteroatoms. The Morgan fingerprint density at radius 3 is 2.00 bits per heavy atom. The van der Waals surface area contributed by atoms with E-state index in [0.29, 0.717) is 6.10 Å². The minimum atomic E-state index is 0.549. The monoisotopic (exact) mass is 283 g/mol. The van der Waals surface area contributed by atoms with E-state index in [2.05, 4.69) is 18.9 Å². The fourth-order valence-electron chi connectivity index (χ4n) is 3.48. The first kappa shape index (κ1) is 18.0. The molecule has 1 aliphatic heterocycles. The van der Waals surface area contributed by atoms with Gasteiger partial charge in [0.05, 0.1) is 6.10 Å². The quantitative estimate of drug-likeness (QED) is 0.723. The van der Waals surface area contributed by atoms with Crippen LogP contribution in [0.1, 0.15) is 72.1 Å². The molecule has 1 heterocycles. The Bertz CT molecular complexity index is 215. The molecule has 0 amide bonds. The summed E-state index contributed by atoms with van der Waals surface area (Å²) in [7, 11) is 2.21. The third-order valence-corrected chi connectivity index (χ3v) is 5.09. The highest BCUT2D eigenvalue weighted by Gasteiger charge is 2.21. The van der Waals surface area contributed by atoms with E-state index in [1.54, 1.807) is 0 Å². The Balaban J connectivity index is 0.000000956. The summed E-state index contributed by atoms with van der Waals surface area (Å²) in [4.78, 5) is 2.41. The predicted molar refractivity (Wildman–Crippen MR) is 88.2 cm³/mol. The minimum Gasteiger partial charge on any atom is -0.378 e. The summed E-state index contributed by atoms with van der Waals surface area (Å²) < 4.78 is 6.06. The average Bonchev–Trinajstić information content (AvgIpc) is 2.52. The highest BCUT2D eigenvalue weighted by Crippen LogP contribution is 2.32. The summed E-state index contributed by atoms with van der Waals surface area (Å²) in [5, 5.41) is 0. The zero-order valence-electron chi connectivity index (χ0n) is 14.4. The fraction of sp³-hybridized carbons (Fsp3) is 1.00. The van der Waals surface area contributed by atoms with Gasteiger partial charge in [0.25, 0.3) is 0 Å². The summed E-state index contributed by atoms with van der Waals surface area (Å²) in [6.07, 6.45) is 11.6. The van der Waals surface area contributed by atoms with Crippen LogP contribution in [0.5, 0.6) is 0 Å². The maximum absolute atomic E-state index is 6.06. The molecule has 0 atom stereocenters. The lowest BCUT2D eigenvalue weighted by Crippen LogP contribution is -2.34. The molecule has 0 N–H and O–H groups in total. The van der Waals surface area contributed by atoms with Crippen LogP contribution in [0.25, 0.3) is 0 Å². The third-order valence-electron chi connectivity index (χ3n) is 5.09. The van der Waals surface area contributed by atoms with Gasteiger partial charge >= 0.3 is 0 Å². The second-order valence-corrected chi connectivity index (χ2v) is 6.46. The number of likely N-dealkylation sites (tertiary alicyclic amines) is 1. The summed E-state index contributed by atoms with van der Waals surface area (Å²) in [6.45, 7) is 9.78. The molecule has 1 aliphatic carbocycles. The van der Waals surface area contributed by atoms with Crippen molar-refractivity contribution in [2.75, 3.05) is 26.7 Å². The van der Waals surface area contributed by atoms with E-state index < -0.39 is 0 Å². The number of nitrogens with zero attached hydrogens (tertiary/aromatic N) is 1. The van der Waals surface area contributed by atoms with Crippen molar-refractivity contribution >= 4 is 0 Å². The van der Waals surface area contributed by atoms with Crippen molar-refractivity contribution in [3.63, 3.8) is 0 Å². The number of hydrogen-bond acceptors (Lipinski definition) is 2. The van der Waals surface area contributed by atoms with Gasteiger partial charge in [0, 0.05) is 19.7 Å². The van der Waals surface area contributed by atoms with E-state index in [9.17, 15) is 0 Å². The van der Waals surface area contributed by atoms with Crippen molar-refractivity contribution < 1.29 is 4.74 Å². The van der Waals surface area contributed by atoms with Crippen LogP contribution in [0.2, 0.25) is 0 Å². The van der Waals surface area contributed by atoms with Gasteiger partial charge in [0.2, 0.25) is 0 Å². The lowest BCUT2D eigenvalue weighted by atomic mass is 9.80. The van der Waals surface area contributed by atoms with Crippen LogP contribution in [0.15, 0.2) is 0 Å².